The number of amides is 1. The van der Waals surface area contributed by atoms with Gasteiger partial charge in [-0.3, -0.25) is 4.99 Å². The molecule has 146 valence electrons. The number of alkyl carbamates (subject to hydrolysis) is 1. The number of halogens is 1. The lowest BCUT2D eigenvalue weighted by Crippen LogP contribution is -2.54. The van der Waals surface area contributed by atoms with Crippen LogP contribution in [0.4, 0.5) is 9.18 Å². The number of rotatable bonds is 6. The van der Waals surface area contributed by atoms with Gasteiger partial charge < -0.3 is 20.7 Å². The van der Waals surface area contributed by atoms with Crippen LogP contribution in [0.1, 0.15) is 40.2 Å². The fraction of sp³-hybridized carbons (Fsp3) is 0.579. The summed E-state index contributed by atoms with van der Waals surface area (Å²) in [7, 11) is 1.66. The first kappa shape index (κ1) is 21.7. The van der Waals surface area contributed by atoms with Gasteiger partial charge in [0.1, 0.15) is 11.4 Å². The Morgan fingerprint density at radius 2 is 1.81 bits per heavy atom. The summed E-state index contributed by atoms with van der Waals surface area (Å²) < 4.78 is 18.9. The highest BCUT2D eigenvalue weighted by atomic mass is 19.1. The molecule has 0 bridgehead atoms. The van der Waals surface area contributed by atoms with Crippen LogP contribution >= 0.6 is 0 Å². The van der Waals surface area contributed by atoms with Gasteiger partial charge in [0.05, 0.1) is 5.54 Å². The summed E-state index contributed by atoms with van der Waals surface area (Å²) in [4.78, 5) is 16.0. The topological polar surface area (TPSA) is 74.8 Å². The first-order valence-electron chi connectivity index (χ1n) is 8.71. The Bertz CT molecular complexity index is 624. The van der Waals surface area contributed by atoms with E-state index in [-0.39, 0.29) is 5.82 Å². The van der Waals surface area contributed by atoms with Gasteiger partial charge in [0.25, 0.3) is 0 Å². The summed E-state index contributed by atoms with van der Waals surface area (Å²) in [6.45, 7) is 10.2. The number of carbonyl (C=O) groups excluding carboxylic acids is 1. The van der Waals surface area contributed by atoms with Gasteiger partial charge in [-0.1, -0.05) is 18.2 Å². The summed E-state index contributed by atoms with van der Waals surface area (Å²) >= 11 is 0. The standard InChI is InChI=1S/C19H31FN4O2/c1-18(2,3)26-17(25)24-19(4,5)13-23-16(21-6)22-12-11-14-9-7-8-10-15(14)20/h7-10H,11-13H2,1-6H3,(H,24,25)(H2,21,22,23). The number of hydrogen-bond acceptors (Lipinski definition) is 3. The summed E-state index contributed by atoms with van der Waals surface area (Å²) in [6.07, 6.45) is 0.0826. The van der Waals surface area contributed by atoms with Crippen LogP contribution in [-0.2, 0) is 11.2 Å². The SMILES string of the molecule is CN=C(NCCc1ccccc1F)NCC(C)(C)NC(=O)OC(C)(C)C. The highest BCUT2D eigenvalue weighted by molar-refractivity contribution is 5.79. The monoisotopic (exact) mass is 366 g/mol. The lowest BCUT2D eigenvalue weighted by molar-refractivity contribution is 0.0474. The normalized spacial score (nSPS) is 12.5. The van der Waals surface area contributed by atoms with Crippen molar-refractivity contribution >= 4 is 12.1 Å². The molecule has 0 aliphatic carbocycles. The molecular weight excluding hydrogens is 335 g/mol. The smallest absolute Gasteiger partial charge is 0.408 e. The van der Waals surface area contributed by atoms with E-state index in [0.29, 0.717) is 31.0 Å². The molecule has 1 aromatic rings. The van der Waals surface area contributed by atoms with Gasteiger partial charge >= 0.3 is 6.09 Å². The van der Waals surface area contributed by atoms with E-state index in [2.05, 4.69) is 20.9 Å². The lowest BCUT2D eigenvalue weighted by atomic mass is 10.1. The largest absolute Gasteiger partial charge is 0.444 e. The molecule has 26 heavy (non-hydrogen) atoms. The Kier molecular flexibility index (Phi) is 7.86. The van der Waals surface area contributed by atoms with Crippen LogP contribution in [0.2, 0.25) is 0 Å². The number of benzene rings is 1. The van der Waals surface area contributed by atoms with Crippen molar-refractivity contribution in [1.82, 2.24) is 16.0 Å². The van der Waals surface area contributed by atoms with Crippen molar-refractivity contribution in [2.45, 2.75) is 52.2 Å². The van der Waals surface area contributed by atoms with Crippen molar-refractivity contribution in [2.75, 3.05) is 20.1 Å². The molecule has 0 radical (unpaired) electrons. The Morgan fingerprint density at radius 3 is 2.38 bits per heavy atom. The Morgan fingerprint density at radius 1 is 1.15 bits per heavy atom. The molecule has 0 aromatic heterocycles. The van der Waals surface area contributed by atoms with E-state index in [1.165, 1.54) is 6.07 Å². The summed E-state index contributed by atoms with van der Waals surface area (Å²) in [5.41, 5.74) is -0.425. The molecule has 0 unspecified atom stereocenters. The minimum absolute atomic E-state index is 0.208. The van der Waals surface area contributed by atoms with Gasteiger partial charge in [0.15, 0.2) is 5.96 Å². The average molecular weight is 366 g/mol. The van der Waals surface area contributed by atoms with E-state index in [1.807, 2.05) is 40.7 Å². The van der Waals surface area contributed by atoms with Crippen LogP contribution in [0.5, 0.6) is 0 Å². The zero-order valence-electron chi connectivity index (χ0n) is 16.6. The predicted molar refractivity (Wildman–Crippen MR) is 103 cm³/mol. The molecule has 3 N–H and O–H groups in total. The first-order valence-corrected chi connectivity index (χ1v) is 8.71. The molecule has 7 heteroatoms. The summed E-state index contributed by atoms with van der Waals surface area (Å²) in [5.74, 6) is 0.375. The third kappa shape index (κ3) is 8.69. The molecule has 0 saturated heterocycles. The number of carbonyl (C=O) groups is 1. The fourth-order valence-corrected chi connectivity index (χ4v) is 2.17. The third-order valence-corrected chi connectivity index (χ3v) is 3.41. The molecule has 0 aliphatic heterocycles. The second-order valence-corrected chi connectivity index (χ2v) is 7.70. The van der Waals surface area contributed by atoms with E-state index in [4.69, 9.17) is 4.74 Å². The summed E-state index contributed by atoms with van der Waals surface area (Å²) in [5, 5.41) is 9.12. The minimum Gasteiger partial charge on any atom is -0.444 e. The number of nitrogens with one attached hydrogen (secondary N) is 3. The van der Waals surface area contributed by atoms with Gasteiger partial charge in [-0.2, -0.15) is 0 Å². The molecule has 0 saturated carbocycles. The van der Waals surface area contributed by atoms with Crippen LogP contribution < -0.4 is 16.0 Å². The number of guanidine groups is 1. The molecular formula is C19H31FN4O2. The average Bonchev–Trinajstić information content (AvgIpc) is 2.49. The number of aliphatic imine (C=N–C) groups is 1. The second kappa shape index (κ2) is 9.40. The zero-order chi connectivity index (χ0) is 19.8. The highest BCUT2D eigenvalue weighted by Crippen LogP contribution is 2.09. The Balaban J connectivity index is 2.43. The Labute approximate surface area is 155 Å². The molecule has 0 heterocycles. The number of nitrogens with zero attached hydrogens (tertiary/aromatic N) is 1. The third-order valence-electron chi connectivity index (χ3n) is 3.41. The first-order chi connectivity index (χ1) is 12.0. The molecule has 1 aromatic carbocycles. The number of hydrogen-bond donors (Lipinski definition) is 3. The quantitative estimate of drug-likeness (QED) is 0.535. The lowest BCUT2D eigenvalue weighted by Gasteiger charge is -2.29. The van der Waals surface area contributed by atoms with Gasteiger partial charge in [0, 0.05) is 20.1 Å². The van der Waals surface area contributed by atoms with Crippen LogP contribution in [0.25, 0.3) is 0 Å². The van der Waals surface area contributed by atoms with Gasteiger partial charge in [-0.05, 0) is 52.7 Å². The molecule has 0 fully saturated rings. The maximum Gasteiger partial charge on any atom is 0.408 e. The molecule has 0 aliphatic rings. The van der Waals surface area contributed by atoms with Crippen LogP contribution in [0.15, 0.2) is 29.3 Å². The van der Waals surface area contributed by atoms with Crippen molar-refractivity contribution in [3.63, 3.8) is 0 Å². The van der Waals surface area contributed by atoms with Crippen LogP contribution in [0, 0.1) is 5.82 Å². The van der Waals surface area contributed by atoms with Crippen LogP contribution in [-0.4, -0.2) is 43.3 Å². The minimum atomic E-state index is -0.544. The van der Waals surface area contributed by atoms with Gasteiger partial charge in [-0.25, -0.2) is 9.18 Å². The molecule has 6 nitrogen and oxygen atoms in total. The summed E-state index contributed by atoms with van der Waals surface area (Å²) in [6, 6.07) is 6.71. The molecule has 1 rings (SSSR count). The predicted octanol–water partition coefficient (Wildman–Crippen LogP) is 2.84. The van der Waals surface area contributed by atoms with Gasteiger partial charge in [0.2, 0.25) is 0 Å². The molecule has 0 spiro atoms. The van der Waals surface area contributed by atoms with E-state index in [0.717, 1.165) is 0 Å². The Hall–Kier alpha value is -2.31. The molecule has 0 atom stereocenters. The van der Waals surface area contributed by atoms with Gasteiger partial charge in [-0.15, -0.1) is 0 Å². The van der Waals surface area contributed by atoms with Crippen molar-refractivity contribution in [1.29, 1.82) is 0 Å². The molecule has 1 amide bonds. The van der Waals surface area contributed by atoms with Crippen molar-refractivity contribution in [3.8, 4) is 0 Å². The van der Waals surface area contributed by atoms with E-state index in [9.17, 15) is 9.18 Å². The number of ether oxygens (including phenoxy) is 1. The second-order valence-electron chi connectivity index (χ2n) is 7.70. The maximum absolute atomic E-state index is 13.6. The fourth-order valence-electron chi connectivity index (χ4n) is 2.17. The highest BCUT2D eigenvalue weighted by Gasteiger charge is 2.24. The van der Waals surface area contributed by atoms with Crippen LogP contribution in [0.3, 0.4) is 0 Å². The van der Waals surface area contributed by atoms with Crippen molar-refractivity contribution in [2.24, 2.45) is 4.99 Å². The zero-order valence-corrected chi connectivity index (χ0v) is 16.6. The van der Waals surface area contributed by atoms with E-state index < -0.39 is 17.2 Å². The maximum atomic E-state index is 13.6. The van der Waals surface area contributed by atoms with Crippen molar-refractivity contribution < 1.29 is 13.9 Å². The van der Waals surface area contributed by atoms with E-state index >= 15 is 0 Å². The van der Waals surface area contributed by atoms with Crippen molar-refractivity contribution in [3.05, 3.63) is 35.6 Å². The van der Waals surface area contributed by atoms with E-state index in [1.54, 1.807) is 19.2 Å².